The number of aromatic nitrogens is 1. The van der Waals surface area contributed by atoms with Crippen LogP contribution in [0.1, 0.15) is 10.4 Å². The van der Waals surface area contributed by atoms with Crippen LogP contribution in [-0.4, -0.2) is 42.1 Å². The number of hydrogen-bond acceptors (Lipinski definition) is 7. The molecule has 1 amide bonds. The lowest BCUT2D eigenvalue weighted by molar-refractivity contribution is -0.384. The van der Waals surface area contributed by atoms with Gasteiger partial charge >= 0.3 is 0 Å². The molecule has 0 radical (unpaired) electrons. The van der Waals surface area contributed by atoms with Gasteiger partial charge in [-0.3, -0.25) is 14.9 Å². The molecule has 4 aromatic carbocycles. The molecule has 1 aliphatic heterocycles. The number of nitrogens with one attached hydrogen (secondary N) is 1. The van der Waals surface area contributed by atoms with E-state index in [4.69, 9.17) is 9.15 Å². The largest absolute Gasteiger partial charge is 0.436 e. The molecule has 0 aliphatic carbocycles. The molecule has 10 heteroatoms. The van der Waals surface area contributed by atoms with Crippen molar-refractivity contribution in [3.63, 3.8) is 0 Å². The normalized spacial score (nSPS) is 13.7. The van der Waals surface area contributed by atoms with Gasteiger partial charge in [-0.05, 0) is 53.2 Å². The Morgan fingerprint density at radius 2 is 1.79 bits per heavy atom. The highest BCUT2D eigenvalue weighted by Crippen LogP contribution is 2.34. The van der Waals surface area contributed by atoms with E-state index in [9.17, 15) is 14.9 Å². The van der Waals surface area contributed by atoms with Crippen molar-refractivity contribution in [2.24, 2.45) is 0 Å². The monoisotopic (exact) mass is 572 g/mol. The van der Waals surface area contributed by atoms with Crippen LogP contribution < -0.4 is 10.2 Å². The van der Waals surface area contributed by atoms with Crippen molar-refractivity contribution in [3.05, 3.63) is 92.9 Å². The Morgan fingerprint density at radius 1 is 1.00 bits per heavy atom. The molecule has 0 bridgehead atoms. The number of nitrogens with zero attached hydrogens (tertiary/aromatic N) is 3. The molecule has 5 aromatic rings. The van der Waals surface area contributed by atoms with Gasteiger partial charge in [0.15, 0.2) is 5.58 Å². The summed E-state index contributed by atoms with van der Waals surface area (Å²) in [5, 5.41) is 16.6. The molecule has 1 saturated heterocycles. The molecule has 1 aliphatic rings. The number of carbonyl (C=O) groups excluding carboxylic acids is 1. The lowest BCUT2D eigenvalue weighted by Gasteiger charge is -2.28. The predicted octanol–water partition coefficient (Wildman–Crippen LogP) is 6.41. The molecule has 0 atom stereocenters. The van der Waals surface area contributed by atoms with E-state index in [0.717, 1.165) is 20.8 Å². The van der Waals surface area contributed by atoms with Crippen molar-refractivity contribution in [1.29, 1.82) is 0 Å². The molecule has 0 saturated carbocycles. The zero-order valence-corrected chi connectivity index (χ0v) is 21.6. The topological polar surface area (TPSA) is 111 Å². The third-order valence-corrected chi connectivity index (χ3v) is 7.22. The number of carbonyl (C=O) groups is 1. The van der Waals surface area contributed by atoms with Crippen LogP contribution in [0.5, 0.6) is 0 Å². The van der Waals surface area contributed by atoms with Gasteiger partial charge in [0, 0.05) is 40.4 Å². The number of benzene rings is 4. The van der Waals surface area contributed by atoms with E-state index in [2.05, 4.69) is 26.2 Å². The van der Waals surface area contributed by atoms with Crippen LogP contribution in [0.15, 0.2) is 81.7 Å². The molecule has 38 heavy (non-hydrogen) atoms. The first-order valence-electron chi connectivity index (χ1n) is 12.0. The summed E-state index contributed by atoms with van der Waals surface area (Å²) >= 11 is 3.59. The lowest BCUT2D eigenvalue weighted by atomic mass is 10.0. The molecule has 0 spiro atoms. The lowest BCUT2D eigenvalue weighted by Crippen LogP contribution is -2.36. The minimum Gasteiger partial charge on any atom is -0.436 e. The fourth-order valence-electron chi connectivity index (χ4n) is 4.66. The Kier molecular flexibility index (Phi) is 6.26. The summed E-state index contributed by atoms with van der Waals surface area (Å²) in [7, 11) is 0. The summed E-state index contributed by atoms with van der Waals surface area (Å²) in [6.45, 7) is 2.12. The summed E-state index contributed by atoms with van der Waals surface area (Å²) in [6, 6.07) is 21.6. The first-order valence-corrected chi connectivity index (χ1v) is 12.8. The summed E-state index contributed by atoms with van der Waals surface area (Å²) in [5.41, 5.74) is 3.08. The van der Waals surface area contributed by atoms with Crippen molar-refractivity contribution < 1.29 is 18.9 Å². The van der Waals surface area contributed by atoms with E-state index in [-0.39, 0.29) is 11.3 Å². The summed E-state index contributed by atoms with van der Waals surface area (Å²) in [4.78, 5) is 30.9. The number of fused-ring (bicyclic) bond motifs is 2. The van der Waals surface area contributed by atoms with Gasteiger partial charge in [-0.1, -0.05) is 40.2 Å². The van der Waals surface area contributed by atoms with Gasteiger partial charge in [-0.25, -0.2) is 4.98 Å². The quantitative estimate of drug-likeness (QED) is 0.191. The van der Waals surface area contributed by atoms with Gasteiger partial charge in [-0.2, -0.15) is 0 Å². The van der Waals surface area contributed by atoms with Gasteiger partial charge in [0.05, 0.1) is 18.1 Å². The van der Waals surface area contributed by atoms with E-state index in [1.165, 1.54) is 6.07 Å². The Hall–Kier alpha value is -4.28. The van der Waals surface area contributed by atoms with Crippen LogP contribution in [0, 0.1) is 10.1 Å². The number of halogens is 1. The third kappa shape index (κ3) is 4.48. The van der Waals surface area contributed by atoms with Gasteiger partial charge in [0.25, 0.3) is 11.6 Å². The maximum atomic E-state index is 13.0. The first-order chi connectivity index (χ1) is 18.5. The molecule has 1 fully saturated rings. The molecule has 2 heterocycles. The molecule has 190 valence electrons. The van der Waals surface area contributed by atoms with E-state index >= 15 is 0 Å². The van der Waals surface area contributed by atoms with E-state index in [0.29, 0.717) is 54.7 Å². The molecular weight excluding hydrogens is 552 g/mol. The number of nitro benzene ring substituents is 1. The highest BCUT2D eigenvalue weighted by atomic mass is 79.9. The Balaban J connectivity index is 1.28. The second-order valence-corrected chi connectivity index (χ2v) is 9.71. The van der Waals surface area contributed by atoms with Crippen molar-refractivity contribution in [2.45, 2.75) is 0 Å². The number of nitro groups is 1. The highest BCUT2D eigenvalue weighted by molar-refractivity contribution is 9.10. The smallest absolute Gasteiger partial charge is 0.293 e. The number of anilines is 2. The van der Waals surface area contributed by atoms with Crippen LogP contribution in [0.4, 0.5) is 17.1 Å². The Morgan fingerprint density at radius 3 is 2.61 bits per heavy atom. The van der Waals surface area contributed by atoms with Crippen LogP contribution in [-0.2, 0) is 4.74 Å². The van der Waals surface area contributed by atoms with Gasteiger partial charge in [0.2, 0.25) is 5.89 Å². The fourth-order valence-corrected chi connectivity index (χ4v) is 5.16. The Labute approximate surface area is 225 Å². The van der Waals surface area contributed by atoms with Gasteiger partial charge in [0.1, 0.15) is 11.2 Å². The molecule has 6 rings (SSSR count). The number of oxazole rings is 1. The zero-order chi connectivity index (χ0) is 26.2. The molecule has 1 aromatic heterocycles. The van der Waals surface area contributed by atoms with Crippen LogP contribution >= 0.6 is 15.9 Å². The molecule has 9 nitrogen and oxygen atoms in total. The maximum Gasteiger partial charge on any atom is 0.293 e. The highest BCUT2D eigenvalue weighted by Gasteiger charge is 2.23. The zero-order valence-electron chi connectivity index (χ0n) is 20.0. The molecular formula is C28H21BrN4O5. The van der Waals surface area contributed by atoms with Crippen LogP contribution in [0.2, 0.25) is 0 Å². The van der Waals surface area contributed by atoms with Crippen molar-refractivity contribution in [3.8, 4) is 11.5 Å². The standard InChI is InChI=1S/C28H21BrN4O5/c29-22-6-2-3-19-20(22)4-1-5-21(19)28-31-23-16-18(8-10-26(23)38-28)30-27(34)17-7-9-24(25(15-17)33(35)36)32-11-13-37-14-12-32/h1-10,15-16H,11-14H2,(H,30,34). The Bertz CT molecular complexity index is 1710. The summed E-state index contributed by atoms with van der Waals surface area (Å²) < 4.78 is 12.4. The van der Waals surface area contributed by atoms with Crippen molar-refractivity contribution >= 4 is 60.8 Å². The minimum atomic E-state index is -0.462. The number of ether oxygens (including phenoxy) is 1. The summed E-state index contributed by atoms with van der Waals surface area (Å²) in [6.07, 6.45) is 0. The number of hydrogen-bond donors (Lipinski definition) is 1. The van der Waals surface area contributed by atoms with E-state index < -0.39 is 10.8 Å². The number of rotatable bonds is 5. The SMILES string of the molecule is O=C(Nc1ccc2oc(-c3cccc4c(Br)cccc34)nc2c1)c1ccc(N2CCOCC2)c([N+](=O)[O-])c1. The second-order valence-electron chi connectivity index (χ2n) is 8.86. The predicted molar refractivity (Wildman–Crippen MR) is 149 cm³/mol. The first kappa shape index (κ1) is 24.1. The van der Waals surface area contributed by atoms with Crippen molar-refractivity contribution in [2.75, 3.05) is 36.5 Å². The maximum absolute atomic E-state index is 13.0. The van der Waals surface area contributed by atoms with Crippen LogP contribution in [0.3, 0.4) is 0 Å². The average molecular weight is 573 g/mol. The summed E-state index contributed by atoms with van der Waals surface area (Å²) in [5.74, 6) is 0.0186. The average Bonchev–Trinajstić information content (AvgIpc) is 3.36. The number of morpholine rings is 1. The van der Waals surface area contributed by atoms with E-state index in [1.807, 2.05) is 41.3 Å². The second kappa shape index (κ2) is 9.88. The van der Waals surface area contributed by atoms with Gasteiger partial charge < -0.3 is 19.4 Å². The minimum absolute atomic E-state index is 0.113. The van der Waals surface area contributed by atoms with Crippen molar-refractivity contribution in [1.82, 2.24) is 4.98 Å². The van der Waals surface area contributed by atoms with Crippen LogP contribution in [0.25, 0.3) is 33.3 Å². The molecule has 1 N–H and O–H groups in total. The van der Waals surface area contributed by atoms with E-state index in [1.54, 1.807) is 30.3 Å². The number of amides is 1. The molecule has 0 unspecified atom stereocenters. The van der Waals surface area contributed by atoms with Gasteiger partial charge in [-0.15, -0.1) is 0 Å². The fraction of sp³-hybridized carbons (Fsp3) is 0.143. The third-order valence-electron chi connectivity index (χ3n) is 6.53.